The number of halogens is 1. The number of methoxy groups -OCH3 is 1. The summed E-state index contributed by atoms with van der Waals surface area (Å²) in [5.74, 6) is 1.77. The van der Waals surface area contributed by atoms with Crippen LogP contribution in [0.3, 0.4) is 0 Å². The second-order valence-electron chi connectivity index (χ2n) is 8.54. The Labute approximate surface area is 184 Å². The van der Waals surface area contributed by atoms with Crippen molar-refractivity contribution in [3.05, 3.63) is 47.9 Å². The van der Waals surface area contributed by atoms with E-state index in [9.17, 15) is 9.50 Å². The summed E-state index contributed by atoms with van der Waals surface area (Å²) in [6, 6.07) is 8.99. The normalized spacial score (nSPS) is 18.8. The van der Waals surface area contributed by atoms with Crippen molar-refractivity contribution in [2.45, 2.75) is 18.6 Å². The zero-order chi connectivity index (χ0) is 22.4. The molecule has 0 saturated carbocycles. The number of aromatic nitrogens is 1. The minimum Gasteiger partial charge on any atom is -0.493 e. The van der Waals surface area contributed by atoms with E-state index >= 15 is 0 Å². The van der Waals surface area contributed by atoms with Crippen molar-refractivity contribution in [1.82, 2.24) is 14.8 Å². The second kappa shape index (κ2) is 10.3. The average Bonchev–Trinajstić information content (AvgIpc) is 3.10. The molecule has 3 rings (SSSR count). The lowest BCUT2D eigenvalue weighted by molar-refractivity contribution is 0.0279. The van der Waals surface area contributed by atoms with Crippen LogP contribution < -0.4 is 14.4 Å². The Bertz CT molecular complexity index is 849. The van der Waals surface area contributed by atoms with E-state index in [2.05, 4.69) is 14.8 Å². The number of rotatable bonds is 10. The molecule has 2 aromatic rings. The summed E-state index contributed by atoms with van der Waals surface area (Å²) in [6.45, 7) is 3.78. The van der Waals surface area contributed by atoms with Gasteiger partial charge in [0.25, 0.3) is 0 Å². The number of likely N-dealkylation sites (N-methyl/N-ethyl adjacent to an activating group) is 2. The van der Waals surface area contributed by atoms with Crippen molar-refractivity contribution >= 4 is 5.82 Å². The highest BCUT2D eigenvalue weighted by Gasteiger charge is 2.37. The zero-order valence-corrected chi connectivity index (χ0v) is 18.8. The molecule has 1 aliphatic heterocycles. The molecule has 31 heavy (non-hydrogen) atoms. The van der Waals surface area contributed by atoms with Crippen molar-refractivity contribution in [1.29, 1.82) is 0 Å². The highest BCUT2D eigenvalue weighted by molar-refractivity contribution is 5.43. The molecule has 0 bridgehead atoms. The maximum absolute atomic E-state index is 13.1. The van der Waals surface area contributed by atoms with Crippen LogP contribution in [0.25, 0.3) is 0 Å². The number of anilines is 1. The number of benzene rings is 1. The Morgan fingerprint density at radius 2 is 2.00 bits per heavy atom. The van der Waals surface area contributed by atoms with Crippen LogP contribution in [0.5, 0.6) is 11.5 Å². The molecule has 1 aliphatic rings. The van der Waals surface area contributed by atoms with E-state index in [1.165, 1.54) is 12.3 Å². The van der Waals surface area contributed by atoms with Crippen LogP contribution >= 0.6 is 0 Å². The highest BCUT2D eigenvalue weighted by atomic mass is 19.1. The first-order valence-electron chi connectivity index (χ1n) is 10.5. The topological polar surface area (TPSA) is 61.3 Å². The van der Waals surface area contributed by atoms with Crippen molar-refractivity contribution in [3.63, 3.8) is 0 Å². The molecule has 1 saturated heterocycles. The van der Waals surface area contributed by atoms with Gasteiger partial charge in [-0.05, 0) is 57.4 Å². The molecule has 1 aromatic heterocycles. The molecule has 1 fully saturated rings. The Morgan fingerprint density at radius 1 is 1.19 bits per heavy atom. The largest absolute Gasteiger partial charge is 0.493 e. The quantitative estimate of drug-likeness (QED) is 0.618. The molecule has 0 aliphatic carbocycles. The number of aliphatic hydroxyl groups is 1. The molecule has 170 valence electrons. The molecule has 1 atom stereocenters. The summed E-state index contributed by atoms with van der Waals surface area (Å²) in [5, 5.41) is 11.1. The van der Waals surface area contributed by atoms with Crippen molar-refractivity contribution in [2.75, 3.05) is 65.9 Å². The van der Waals surface area contributed by atoms with Gasteiger partial charge in [0, 0.05) is 32.7 Å². The third kappa shape index (κ3) is 6.53. The summed E-state index contributed by atoms with van der Waals surface area (Å²) >= 11 is 0. The summed E-state index contributed by atoms with van der Waals surface area (Å²) in [6.07, 6.45) is 1.85. The van der Waals surface area contributed by atoms with E-state index in [0.29, 0.717) is 50.8 Å². The maximum atomic E-state index is 13.1. The molecule has 1 aromatic carbocycles. The van der Waals surface area contributed by atoms with Gasteiger partial charge in [-0.1, -0.05) is 6.07 Å². The lowest BCUT2D eigenvalue weighted by Crippen LogP contribution is -2.43. The van der Waals surface area contributed by atoms with Gasteiger partial charge in [-0.25, -0.2) is 9.37 Å². The van der Waals surface area contributed by atoms with Gasteiger partial charge < -0.3 is 24.4 Å². The number of ether oxygens (including phenoxy) is 2. The monoisotopic (exact) mass is 432 g/mol. The van der Waals surface area contributed by atoms with Gasteiger partial charge in [0.05, 0.1) is 18.9 Å². The third-order valence-electron chi connectivity index (χ3n) is 5.41. The van der Waals surface area contributed by atoms with E-state index in [4.69, 9.17) is 9.47 Å². The molecular weight excluding hydrogens is 399 g/mol. The first kappa shape index (κ1) is 23.2. The minimum atomic E-state index is -0.843. The SMILES string of the molecule is COc1cc(CN(C)C[C@]2(O)CCN(c3ccc(F)cn3)C2)ccc1OCCN(C)C. The lowest BCUT2D eigenvalue weighted by Gasteiger charge is -2.29. The van der Waals surface area contributed by atoms with Gasteiger partial charge in [0.15, 0.2) is 11.5 Å². The molecule has 0 unspecified atom stereocenters. The van der Waals surface area contributed by atoms with Crippen molar-refractivity contribution in [2.24, 2.45) is 0 Å². The fraction of sp³-hybridized carbons (Fsp3) is 0.522. The van der Waals surface area contributed by atoms with Crippen LogP contribution in [0, 0.1) is 5.82 Å². The maximum Gasteiger partial charge on any atom is 0.161 e. The van der Waals surface area contributed by atoms with Gasteiger partial charge in [0.2, 0.25) is 0 Å². The zero-order valence-electron chi connectivity index (χ0n) is 18.8. The molecule has 0 amide bonds. The standard InChI is InChI=1S/C23H33FN4O3/c1-26(2)11-12-31-20-7-5-18(13-21(20)30-4)15-27(3)16-23(29)9-10-28(17-23)22-8-6-19(24)14-25-22/h5-8,13-14,29H,9-12,15-17H2,1-4H3/t23-/m1/s1. The van der Waals surface area contributed by atoms with Gasteiger partial charge in [-0.15, -0.1) is 0 Å². The first-order chi connectivity index (χ1) is 14.8. The summed E-state index contributed by atoms with van der Waals surface area (Å²) in [7, 11) is 7.64. The van der Waals surface area contributed by atoms with Crippen LogP contribution in [0.15, 0.2) is 36.5 Å². The number of hydrogen-bond donors (Lipinski definition) is 1. The smallest absolute Gasteiger partial charge is 0.161 e. The number of hydrogen-bond acceptors (Lipinski definition) is 7. The number of pyridine rings is 1. The Hall–Kier alpha value is -2.42. The molecule has 0 spiro atoms. The lowest BCUT2D eigenvalue weighted by atomic mass is 10.0. The van der Waals surface area contributed by atoms with Crippen molar-refractivity contribution < 1.29 is 19.0 Å². The Morgan fingerprint density at radius 3 is 2.68 bits per heavy atom. The first-order valence-corrected chi connectivity index (χ1v) is 10.5. The fourth-order valence-electron chi connectivity index (χ4n) is 3.87. The molecule has 8 heteroatoms. The summed E-state index contributed by atoms with van der Waals surface area (Å²) in [5.41, 5.74) is 0.238. The van der Waals surface area contributed by atoms with Gasteiger partial charge in [-0.3, -0.25) is 4.90 Å². The molecule has 0 radical (unpaired) electrons. The van der Waals surface area contributed by atoms with Crippen LogP contribution in [0.1, 0.15) is 12.0 Å². The van der Waals surface area contributed by atoms with E-state index in [1.807, 2.05) is 44.2 Å². The van der Waals surface area contributed by atoms with E-state index < -0.39 is 5.60 Å². The number of β-amino-alcohol motifs (C(OH)–C–C–N with tert-alkyl or cyclic N) is 1. The molecular formula is C23H33FN4O3. The summed E-state index contributed by atoms with van der Waals surface area (Å²) in [4.78, 5) is 10.3. The predicted octanol–water partition coefficient (Wildman–Crippen LogP) is 2.24. The predicted molar refractivity (Wildman–Crippen MR) is 119 cm³/mol. The van der Waals surface area contributed by atoms with E-state index in [-0.39, 0.29) is 5.82 Å². The highest BCUT2D eigenvalue weighted by Crippen LogP contribution is 2.30. The Balaban J connectivity index is 1.56. The fourth-order valence-corrected chi connectivity index (χ4v) is 3.87. The second-order valence-corrected chi connectivity index (χ2v) is 8.54. The summed E-state index contributed by atoms with van der Waals surface area (Å²) < 4.78 is 24.5. The molecule has 2 heterocycles. The van der Waals surface area contributed by atoms with E-state index in [0.717, 1.165) is 17.9 Å². The van der Waals surface area contributed by atoms with Crippen LogP contribution in [-0.4, -0.2) is 86.5 Å². The van der Waals surface area contributed by atoms with Crippen LogP contribution in [-0.2, 0) is 6.54 Å². The van der Waals surface area contributed by atoms with E-state index in [1.54, 1.807) is 13.2 Å². The minimum absolute atomic E-state index is 0.359. The van der Waals surface area contributed by atoms with Gasteiger partial charge >= 0.3 is 0 Å². The van der Waals surface area contributed by atoms with Gasteiger partial charge in [-0.2, -0.15) is 0 Å². The van der Waals surface area contributed by atoms with Crippen molar-refractivity contribution in [3.8, 4) is 11.5 Å². The molecule has 1 N–H and O–H groups in total. The van der Waals surface area contributed by atoms with Crippen LogP contribution in [0.4, 0.5) is 10.2 Å². The number of nitrogens with zero attached hydrogens (tertiary/aromatic N) is 4. The average molecular weight is 433 g/mol. The third-order valence-corrected chi connectivity index (χ3v) is 5.41. The Kier molecular flexibility index (Phi) is 7.69. The van der Waals surface area contributed by atoms with Gasteiger partial charge in [0.1, 0.15) is 18.2 Å². The molecule has 7 nitrogen and oxygen atoms in total. The van der Waals surface area contributed by atoms with Crippen LogP contribution in [0.2, 0.25) is 0 Å².